The molecule has 1 aliphatic heterocycles. The molecule has 0 spiro atoms. The molecular weight excluding hydrogens is 328 g/mol. The number of carbonyl (C=O) groups excluding carboxylic acids is 1. The van der Waals surface area contributed by atoms with Crippen LogP contribution in [-0.4, -0.2) is 48.2 Å². The Morgan fingerprint density at radius 2 is 1.92 bits per heavy atom. The molecule has 0 bridgehead atoms. The molecule has 0 unspecified atom stereocenters. The highest BCUT2D eigenvalue weighted by molar-refractivity contribution is 5.76. The smallest absolute Gasteiger partial charge is 0.242 e. The molecule has 1 aliphatic rings. The fourth-order valence-corrected chi connectivity index (χ4v) is 3.48. The van der Waals surface area contributed by atoms with Crippen LogP contribution in [0, 0.1) is 5.92 Å². The van der Waals surface area contributed by atoms with Gasteiger partial charge in [-0.05, 0) is 30.9 Å². The van der Waals surface area contributed by atoms with E-state index in [1.54, 1.807) is 18.9 Å². The minimum atomic E-state index is 0.161. The lowest BCUT2D eigenvalue weighted by Gasteiger charge is -2.32. The second-order valence-corrected chi connectivity index (χ2v) is 6.72. The third kappa shape index (κ3) is 3.66. The molecule has 134 valence electrons. The topological polar surface area (TPSA) is 68.8 Å². The van der Waals surface area contributed by atoms with Crippen molar-refractivity contribution in [3.63, 3.8) is 0 Å². The largest absolute Gasteiger partial charge is 0.341 e. The average Bonchev–Trinajstić information content (AvgIpc) is 3.35. The van der Waals surface area contributed by atoms with E-state index >= 15 is 0 Å². The number of benzene rings is 1. The van der Waals surface area contributed by atoms with E-state index in [0.717, 1.165) is 43.9 Å². The quantitative estimate of drug-likeness (QED) is 0.705. The third-order valence-electron chi connectivity index (χ3n) is 4.97. The standard InChI is InChI=1S/C19H22N6O/c26-19(13-23-11-8-20-14-23)24-9-6-16(7-10-24)12-18-22-21-15-25(18)17-4-2-1-3-5-17/h1-5,8,11,14-16H,6-7,9-10,12-13H2. The summed E-state index contributed by atoms with van der Waals surface area (Å²) in [6.07, 6.45) is 9.85. The number of likely N-dealkylation sites (tertiary alicyclic amines) is 1. The van der Waals surface area contributed by atoms with Crippen LogP contribution in [0.4, 0.5) is 0 Å². The van der Waals surface area contributed by atoms with Gasteiger partial charge in [-0.15, -0.1) is 10.2 Å². The average molecular weight is 350 g/mol. The van der Waals surface area contributed by atoms with Crippen LogP contribution in [0.1, 0.15) is 18.7 Å². The molecule has 7 heteroatoms. The van der Waals surface area contributed by atoms with E-state index in [1.807, 2.05) is 33.9 Å². The van der Waals surface area contributed by atoms with Gasteiger partial charge in [0.15, 0.2) is 0 Å². The van der Waals surface area contributed by atoms with Gasteiger partial charge in [0.05, 0.1) is 6.33 Å². The van der Waals surface area contributed by atoms with E-state index in [0.29, 0.717) is 12.5 Å². The Balaban J connectivity index is 1.33. The summed E-state index contributed by atoms with van der Waals surface area (Å²) in [5.41, 5.74) is 1.08. The fourth-order valence-electron chi connectivity index (χ4n) is 3.48. The number of piperidine rings is 1. The Bertz CT molecular complexity index is 834. The first kappa shape index (κ1) is 16.5. The maximum absolute atomic E-state index is 12.4. The van der Waals surface area contributed by atoms with Crippen molar-refractivity contribution in [2.45, 2.75) is 25.8 Å². The van der Waals surface area contributed by atoms with E-state index in [9.17, 15) is 4.79 Å². The Kier molecular flexibility index (Phi) is 4.77. The summed E-state index contributed by atoms with van der Waals surface area (Å²) in [7, 11) is 0. The van der Waals surface area contributed by atoms with Crippen LogP contribution < -0.4 is 0 Å². The Morgan fingerprint density at radius 1 is 1.12 bits per heavy atom. The zero-order valence-corrected chi connectivity index (χ0v) is 14.6. The number of imidazole rings is 1. The molecule has 0 saturated carbocycles. The molecule has 1 amide bonds. The van der Waals surface area contributed by atoms with Crippen LogP contribution in [0.5, 0.6) is 0 Å². The van der Waals surface area contributed by atoms with E-state index in [4.69, 9.17) is 0 Å². The van der Waals surface area contributed by atoms with Crippen LogP contribution in [0.2, 0.25) is 0 Å². The third-order valence-corrected chi connectivity index (χ3v) is 4.97. The molecular formula is C19H22N6O. The molecule has 3 aromatic rings. The van der Waals surface area contributed by atoms with Crippen molar-refractivity contribution in [2.24, 2.45) is 5.92 Å². The minimum Gasteiger partial charge on any atom is -0.341 e. The monoisotopic (exact) mass is 350 g/mol. The predicted octanol–water partition coefficient (Wildman–Crippen LogP) is 1.95. The molecule has 2 aromatic heterocycles. The number of aromatic nitrogens is 5. The highest BCUT2D eigenvalue weighted by Gasteiger charge is 2.24. The lowest BCUT2D eigenvalue weighted by atomic mass is 9.93. The van der Waals surface area contributed by atoms with Gasteiger partial charge in [0.2, 0.25) is 5.91 Å². The lowest BCUT2D eigenvalue weighted by Crippen LogP contribution is -2.40. The first-order valence-electron chi connectivity index (χ1n) is 8.97. The maximum atomic E-state index is 12.4. The first-order chi connectivity index (χ1) is 12.8. The molecule has 0 aliphatic carbocycles. The van der Waals surface area contributed by atoms with Crippen molar-refractivity contribution in [1.82, 2.24) is 29.2 Å². The Labute approximate surface area is 152 Å². The lowest BCUT2D eigenvalue weighted by molar-refractivity contribution is -0.133. The zero-order valence-electron chi connectivity index (χ0n) is 14.6. The summed E-state index contributed by atoms with van der Waals surface area (Å²) < 4.78 is 3.87. The highest BCUT2D eigenvalue weighted by atomic mass is 16.2. The molecule has 1 saturated heterocycles. The summed E-state index contributed by atoms with van der Waals surface area (Å²) in [5.74, 6) is 1.67. The number of carbonyl (C=O) groups is 1. The van der Waals surface area contributed by atoms with Crippen molar-refractivity contribution < 1.29 is 4.79 Å². The van der Waals surface area contributed by atoms with Crippen molar-refractivity contribution >= 4 is 5.91 Å². The van der Waals surface area contributed by atoms with Crippen LogP contribution in [-0.2, 0) is 17.8 Å². The normalized spacial score (nSPS) is 15.3. The van der Waals surface area contributed by atoms with Gasteiger partial charge in [-0.2, -0.15) is 0 Å². The Hall–Kier alpha value is -2.96. The molecule has 7 nitrogen and oxygen atoms in total. The number of nitrogens with zero attached hydrogens (tertiary/aromatic N) is 6. The van der Waals surface area contributed by atoms with Gasteiger partial charge in [-0.3, -0.25) is 9.36 Å². The number of rotatable bonds is 5. The Morgan fingerprint density at radius 3 is 2.65 bits per heavy atom. The SMILES string of the molecule is O=C(Cn1ccnc1)N1CCC(Cc2nncn2-c2ccccc2)CC1. The molecule has 4 rings (SSSR count). The van der Waals surface area contributed by atoms with Crippen molar-refractivity contribution in [1.29, 1.82) is 0 Å². The number of hydrogen-bond acceptors (Lipinski definition) is 4. The fraction of sp³-hybridized carbons (Fsp3) is 0.368. The first-order valence-corrected chi connectivity index (χ1v) is 8.97. The molecule has 1 fully saturated rings. The summed E-state index contributed by atoms with van der Waals surface area (Å²) in [6.45, 7) is 1.97. The number of hydrogen-bond donors (Lipinski definition) is 0. The predicted molar refractivity (Wildman–Crippen MR) is 96.6 cm³/mol. The van der Waals surface area contributed by atoms with Crippen molar-refractivity contribution in [3.8, 4) is 5.69 Å². The van der Waals surface area contributed by atoms with Crippen molar-refractivity contribution in [2.75, 3.05) is 13.1 Å². The van der Waals surface area contributed by atoms with Gasteiger partial charge in [0, 0.05) is 37.6 Å². The highest BCUT2D eigenvalue weighted by Crippen LogP contribution is 2.22. The molecule has 0 atom stereocenters. The molecule has 0 N–H and O–H groups in total. The summed E-state index contributed by atoms with van der Waals surface area (Å²) in [4.78, 5) is 18.3. The zero-order chi connectivity index (χ0) is 17.8. The van der Waals surface area contributed by atoms with Gasteiger partial charge < -0.3 is 9.47 Å². The summed E-state index contributed by atoms with van der Waals surface area (Å²) >= 11 is 0. The van der Waals surface area contributed by atoms with Crippen LogP contribution in [0.15, 0.2) is 55.4 Å². The van der Waals surface area contributed by atoms with Gasteiger partial charge in [0.25, 0.3) is 0 Å². The minimum absolute atomic E-state index is 0.161. The summed E-state index contributed by atoms with van der Waals surface area (Å²) in [5, 5.41) is 8.40. The number of para-hydroxylation sites is 1. The molecule has 26 heavy (non-hydrogen) atoms. The van der Waals surface area contributed by atoms with E-state index in [1.165, 1.54) is 0 Å². The van der Waals surface area contributed by atoms with E-state index in [-0.39, 0.29) is 5.91 Å². The second kappa shape index (κ2) is 7.51. The molecule has 1 aromatic carbocycles. The van der Waals surface area contributed by atoms with Crippen LogP contribution in [0.25, 0.3) is 5.69 Å². The van der Waals surface area contributed by atoms with Gasteiger partial charge in [0.1, 0.15) is 18.7 Å². The van der Waals surface area contributed by atoms with Crippen molar-refractivity contribution in [3.05, 3.63) is 61.2 Å². The summed E-state index contributed by atoms with van der Waals surface area (Å²) in [6, 6.07) is 10.2. The number of amides is 1. The van der Waals surface area contributed by atoms with Gasteiger partial charge in [-0.1, -0.05) is 18.2 Å². The van der Waals surface area contributed by atoms with Crippen LogP contribution >= 0.6 is 0 Å². The molecule has 0 radical (unpaired) electrons. The van der Waals surface area contributed by atoms with E-state index < -0.39 is 0 Å². The second-order valence-electron chi connectivity index (χ2n) is 6.72. The van der Waals surface area contributed by atoms with E-state index in [2.05, 4.69) is 31.9 Å². The van der Waals surface area contributed by atoms with Crippen LogP contribution in [0.3, 0.4) is 0 Å². The van der Waals surface area contributed by atoms with Gasteiger partial charge in [-0.25, -0.2) is 4.98 Å². The maximum Gasteiger partial charge on any atom is 0.242 e. The molecule has 3 heterocycles. The van der Waals surface area contributed by atoms with Gasteiger partial charge >= 0.3 is 0 Å².